The van der Waals surface area contributed by atoms with Gasteiger partial charge in [0.1, 0.15) is 0 Å². The minimum Gasteiger partial charge on any atom is -0.359 e. The molecule has 6 atom stereocenters. The summed E-state index contributed by atoms with van der Waals surface area (Å²) in [4.78, 5) is 24.2. The molecule has 1 amide bonds. The molecule has 3 heteroatoms. The largest absolute Gasteiger partial charge is 0.359 e. The molecule has 0 heterocycles. The van der Waals surface area contributed by atoms with E-state index in [9.17, 15) is 9.59 Å². The quantitative estimate of drug-likeness (QED) is 0.799. The van der Waals surface area contributed by atoms with Crippen molar-refractivity contribution in [2.24, 2.45) is 34.5 Å². The summed E-state index contributed by atoms with van der Waals surface area (Å²) in [5.41, 5.74) is 1.54. The molecule has 0 aromatic heterocycles. The number of amides is 1. The van der Waals surface area contributed by atoms with Gasteiger partial charge < -0.3 is 5.32 Å². The molecule has 4 aliphatic carbocycles. The van der Waals surface area contributed by atoms with Crippen molar-refractivity contribution in [3.05, 3.63) is 23.8 Å². The number of carbonyl (C=O) groups is 2. The van der Waals surface area contributed by atoms with Crippen LogP contribution in [0.2, 0.25) is 0 Å². The van der Waals surface area contributed by atoms with E-state index >= 15 is 0 Å². The lowest BCUT2D eigenvalue weighted by atomic mass is 9.48. The molecule has 3 nitrogen and oxygen atoms in total. The molecule has 0 aromatic rings. The first-order chi connectivity index (χ1) is 11.4. The summed E-state index contributed by atoms with van der Waals surface area (Å²) in [6.45, 7) is 4.73. The highest BCUT2D eigenvalue weighted by Gasteiger charge is 2.59. The molecule has 0 radical (unpaired) electrons. The van der Waals surface area contributed by atoms with E-state index in [1.807, 2.05) is 6.08 Å². The van der Waals surface area contributed by atoms with Gasteiger partial charge in [0.05, 0.1) is 0 Å². The lowest BCUT2D eigenvalue weighted by molar-refractivity contribution is -0.130. The summed E-state index contributed by atoms with van der Waals surface area (Å²) in [7, 11) is 1.77. The van der Waals surface area contributed by atoms with E-state index in [0.717, 1.165) is 25.7 Å². The van der Waals surface area contributed by atoms with Gasteiger partial charge >= 0.3 is 0 Å². The Morgan fingerprint density at radius 1 is 1.17 bits per heavy atom. The van der Waals surface area contributed by atoms with Crippen molar-refractivity contribution in [3.8, 4) is 0 Å². The Morgan fingerprint density at radius 2 is 1.96 bits per heavy atom. The zero-order chi connectivity index (χ0) is 17.1. The van der Waals surface area contributed by atoms with E-state index in [-0.39, 0.29) is 28.4 Å². The van der Waals surface area contributed by atoms with E-state index in [1.165, 1.54) is 12.0 Å². The van der Waals surface area contributed by atoms with Crippen LogP contribution in [0.25, 0.3) is 0 Å². The Labute approximate surface area is 145 Å². The molecule has 2 fully saturated rings. The smallest absolute Gasteiger partial charge is 0.223 e. The number of rotatable bonds is 1. The first-order valence-electron chi connectivity index (χ1n) is 9.55. The molecule has 4 rings (SSSR count). The molecule has 2 saturated carbocycles. The van der Waals surface area contributed by atoms with Crippen molar-refractivity contribution >= 4 is 11.7 Å². The van der Waals surface area contributed by atoms with Gasteiger partial charge in [0, 0.05) is 19.4 Å². The normalized spacial score (nSPS) is 46.6. The Kier molecular flexibility index (Phi) is 3.56. The molecule has 0 aromatic carbocycles. The third-order valence-corrected chi connectivity index (χ3v) is 8.08. The van der Waals surface area contributed by atoms with Crippen molar-refractivity contribution in [3.63, 3.8) is 0 Å². The summed E-state index contributed by atoms with van der Waals surface area (Å²) in [5, 5.41) is 2.89. The minimum absolute atomic E-state index is 0.133. The highest BCUT2D eigenvalue weighted by atomic mass is 16.1. The van der Waals surface area contributed by atoms with Gasteiger partial charge in [-0.3, -0.25) is 9.59 Å². The number of hydrogen-bond acceptors (Lipinski definition) is 2. The van der Waals surface area contributed by atoms with Crippen LogP contribution in [-0.2, 0) is 9.59 Å². The molecule has 0 spiro atoms. The van der Waals surface area contributed by atoms with Crippen LogP contribution in [0, 0.1) is 34.5 Å². The number of nitrogens with one attached hydrogen (secondary N) is 1. The van der Waals surface area contributed by atoms with Gasteiger partial charge in [-0.25, -0.2) is 0 Å². The molecule has 1 N–H and O–H groups in total. The second-order valence-corrected chi connectivity index (χ2v) is 8.92. The monoisotopic (exact) mass is 327 g/mol. The van der Waals surface area contributed by atoms with Crippen molar-refractivity contribution in [2.75, 3.05) is 7.05 Å². The highest BCUT2D eigenvalue weighted by Crippen LogP contribution is 2.65. The van der Waals surface area contributed by atoms with Crippen LogP contribution in [0.5, 0.6) is 0 Å². The van der Waals surface area contributed by atoms with E-state index < -0.39 is 0 Å². The van der Waals surface area contributed by atoms with Crippen molar-refractivity contribution in [1.82, 2.24) is 5.32 Å². The fourth-order valence-corrected chi connectivity index (χ4v) is 6.60. The number of ketones is 1. The van der Waals surface area contributed by atoms with E-state index in [2.05, 4.69) is 31.3 Å². The predicted octanol–water partition coefficient (Wildman–Crippen LogP) is 3.66. The highest BCUT2D eigenvalue weighted by molar-refractivity contribution is 5.92. The lowest BCUT2D eigenvalue weighted by Crippen LogP contribution is -2.50. The average Bonchev–Trinajstić information content (AvgIpc) is 2.92. The van der Waals surface area contributed by atoms with Gasteiger partial charge in [-0.2, -0.15) is 0 Å². The molecule has 0 aliphatic heterocycles. The Morgan fingerprint density at radius 3 is 2.71 bits per heavy atom. The minimum atomic E-state index is 0.133. The zero-order valence-electron chi connectivity index (χ0n) is 15.1. The molecule has 4 aliphatic rings. The van der Waals surface area contributed by atoms with Crippen LogP contribution < -0.4 is 5.32 Å². The van der Waals surface area contributed by atoms with Gasteiger partial charge in [0.25, 0.3) is 0 Å². The maximum atomic E-state index is 12.4. The predicted molar refractivity (Wildman–Crippen MR) is 94.2 cm³/mol. The fourth-order valence-electron chi connectivity index (χ4n) is 6.60. The van der Waals surface area contributed by atoms with Gasteiger partial charge in [0.15, 0.2) is 5.78 Å². The molecule has 0 saturated heterocycles. The second kappa shape index (κ2) is 5.31. The standard InChI is InChI=1S/C21H29NO2/c1-20-10-8-14(23)12-13(20)4-5-15-16-6-7-18(19(24)22-3)21(16,2)11-9-17(15)20/h4-5,12,15-18H,6-11H2,1-3H3,(H,22,24)/t15-,16-,17+,18+,20+,21-/m0/s1. The fraction of sp³-hybridized carbons (Fsp3) is 0.714. The third kappa shape index (κ3) is 2.02. The van der Waals surface area contributed by atoms with Crippen LogP contribution in [-0.4, -0.2) is 18.7 Å². The van der Waals surface area contributed by atoms with Crippen LogP contribution in [0.15, 0.2) is 23.8 Å². The topological polar surface area (TPSA) is 46.2 Å². The van der Waals surface area contributed by atoms with Crippen LogP contribution in [0.4, 0.5) is 0 Å². The summed E-state index contributed by atoms with van der Waals surface area (Å²) in [5.74, 6) is 2.47. The van der Waals surface area contributed by atoms with Crippen LogP contribution >= 0.6 is 0 Å². The SMILES string of the molecule is CNC(=O)[C@H]1CC[C@H]2[C@@H]3C=CC4=CC(=O)CC[C@@]4(C)[C@@H]3CC[C@]12C. The molecule has 130 valence electrons. The first kappa shape index (κ1) is 16.1. The first-order valence-corrected chi connectivity index (χ1v) is 9.55. The summed E-state index contributed by atoms with van der Waals surface area (Å²) < 4.78 is 0. The average molecular weight is 327 g/mol. The number of hydrogen-bond donors (Lipinski definition) is 1. The maximum absolute atomic E-state index is 12.4. The van der Waals surface area contributed by atoms with Crippen molar-refractivity contribution < 1.29 is 9.59 Å². The van der Waals surface area contributed by atoms with E-state index in [4.69, 9.17) is 0 Å². The molecular formula is C21H29NO2. The molecule has 0 unspecified atom stereocenters. The zero-order valence-corrected chi connectivity index (χ0v) is 15.1. The van der Waals surface area contributed by atoms with E-state index in [0.29, 0.717) is 24.2 Å². The van der Waals surface area contributed by atoms with Gasteiger partial charge in [0.2, 0.25) is 5.91 Å². The van der Waals surface area contributed by atoms with Crippen molar-refractivity contribution in [1.29, 1.82) is 0 Å². The number of fused-ring (bicyclic) bond motifs is 5. The Balaban J connectivity index is 1.70. The Bertz CT molecular complexity index is 648. The van der Waals surface area contributed by atoms with Gasteiger partial charge in [-0.15, -0.1) is 0 Å². The van der Waals surface area contributed by atoms with Gasteiger partial charge in [-0.05, 0) is 72.3 Å². The summed E-state index contributed by atoms with van der Waals surface area (Å²) in [6, 6.07) is 0. The van der Waals surface area contributed by atoms with E-state index in [1.54, 1.807) is 7.05 Å². The number of carbonyl (C=O) groups excluding carboxylic acids is 2. The van der Waals surface area contributed by atoms with Crippen LogP contribution in [0.3, 0.4) is 0 Å². The Hall–Kier alpha value is -1.38. The molecule has 0 bridgehead atoms. The second-order valence-electron chi connectivity index (χ2n) is 8.92. The summed E-state index contributed by atoms with van der Waals surface area (Å²) >= 11 is 0. The van der Waals surface area contributed by atoms with Crippen molar-refractivity contribution in [2.45, 2.75) is 52.4 Å². The molecule has 24 heavy (non-hydrogen) atoms. The third-order valence-electron chi connectivity index (χ3n) is 8.08. The van der Waals surface area contributed by atoms with Gasteiger partial charge in [-0.1, -0.05) is 26.0 Å². The number of allylic oxidation sites excluding steroid dienone is 4. The maximum Gasteiger partial charge on any atom is 0.223 e. The lowest BCUT2D eigenvalue weighted by Gasteiger charge is -2.55. The summed E-state index contributed by atoms with van der Waals surface area (Å²) in [6.07, 6.45) is 12.7. The van der Waals surface area contributed by atoms with Crippen LogP contribution in [0.1, 0.15) is 52.4 Å². The molecular weight excluding hydrogens is 298 g/mol.